The lowest BCUT2D eigenvalue weighted by Crippen LogP contribution is -2.45. The molecule has 2 aromatic rings. The molecule has 0 spiro atoms. The summed E-state index contributed by atoms with van der Waals surface area (Å²) in [5, 5.41) is 0. The second-order valence-corrected chi connectivity index (χ2v) is 7.26. The van der Waals surface area contributed by atoms with Crippen LogP contribution in [0, 0.1) is 13.8 Å². The fourth-order valence-electron chi connectivity index (χ4n) is 1.99. The molecule has 2 amide bonds. The molecule has 0 aliphatic heterocycles. The molecule has 8 heteroatoms. The Morgan fingerprint density at radius 1 is 0.885 bits per heavy atom. The smallest absolute Gasteiger partial charge is 0.276 e. The van der Waals surface area contributed by atoms with Crippen molar-refractivity contribution in [1.82, 2.24) is 10.9 Å². The van der Waals surface area contributed by atoms with Crippen molar-refractivity contribution in [2.75, 3.05) is 13.2 Å². The molecule has 26 heavy (non-hydrogen) atoms. The molecule has 0 aliphatic carbocycles. The molecule has 0 aliphatic rings. The zero-order valence-electron chi connectivity index (χ0n) is 14.3. The van der Waals surface area contributed by atoms with Crippen molar-refractivity contribution < 1.29 is 19.1 Å². The minimum atomic E-state index is -0.473. The Bertz CT molecular complexity index is 812. The van der Waals surface area contributed by atoms with Gasteiger partial charge in [0.2, 0.25) is 0 Å². The number of hydrogen-bond donors (Lipinski definition) is 2. The molecule has 0 fully saturated rings. The van der Waals surface area contributed by atoms with Gasteiger partial charge in [-0.1, -0.05) is 31.9 Å². The third kappa shape index (κ3) is 6.34. The second kappa shape index (κ2) is 9.59. The molecule has 0 unspecified atom stereocenters. The molecular formula is C18H18Br2N2O4. The maximum Gasteiger partial charge on any atom is 0.276 e. The summed E-state index contributed by atoms with van der Waals surface area (Å²) in [6.45, 7) is 3.37. The van der Waals surface area contributed by atoms with Crippen LogP contribution < -0.4 is 20.3 Å². The summed E-state index contributed by atoms with van der Waals surface area (Å²) in [7, 11) is 0. The van der Waals surface area contributed by atoms with Crippen LogP contribution in [0.5, 0.6) is 11.5 Å². The summed E-state index contributed by atoms with van der Waals surface area (Å²) in [6.07, 6.45) is 0. The highest BCUT2D eigenvalue weighted by Gasteiger charge is 2.08. The largest absolute Gasteiger partial charge is 0.484 e. The third-order valence-electron chi connectivity index (χ3n) is 3.34. The van der Waals surface area contributed by atoms with Crippen LogP contribution in [-0.4, -0.2) is 25.0 Å². The first kappa shape index (κ1) is 20.3. The van der Waals surface area contributed by atoms with Gasteiger partial charge in [0, 0.05) is 8.95 Å². The molecule has 2 N–H and O–H groups in total. The van der Waals surface area contributed by atoms with Gasteiger partial charge < -0.3 is 9.47 Å². The number of ether oxygens (including phenoxy) is 2. The number of hydrogen-bond acceptors (Lipinski definition) is 4. The SMILES string of the molecule is Cc1cc(OCC(=O)NNC(=O)COc2ccc(Br)cc2C)ccc1Br. The number of rotatable bonds is 6. The summed E-state index contributed by atoms with van der Waals surface area (Å²) in [5.41, 5.74) is 6.45. The average Bonchev–Trinajstić information content (AvgIpc) is 2.60. The molecule has 0 aromatic heterocycles. The zero-order valence-corrected chi connectivity index (χ0v) is 17.4. The number of halogens is 2. The van der Waals surface area contributed by atoms with Crippen LogP contribution in [0.3, 0.4) is 0 Å². The Hall–Kier alpha value is -2.06. The standard InChI is InChI=1S/C18H18Br2N2O4/c1-11-8-14(4-5-15(11)20)25-9-17(23)21-22-18(24)10-26-16-6-3-13(19)7-12(16)2/h3-8H,9-10H2,1-2H3,(H,21,23)(H,22,24). The van der Waals surface area contributed by atoms with Crippen LogP contribution in [0.1, 0.15) is 11.1 Å². The average molecular weight is 486 g/mol. The highest BCUT2D eigenvalue weighted by atomic mass is 79.9. The first-order valence-corrected chi connectivity index (χ1v) is 9.29. The van der Waals surface area contributed by atoms with Crippen molar-refractivity contribution in [3.8, 4) is 11.5 Å². The van der Waals surface area contributed by atoms with E-state index in [1.54, 1.807) is 12.1 Å². The molecule has 0 saturated carbocycles. The minimum Gasteiger partial charge on any atom is -0.484 e. The Kier molecular flexibility index (Phi) is 7.47. The quantitative estimate of drug-likeness (QED) is 0.614. The number of carbonyl (C=O) groups is 2. The number of aryl methyl sites for hydroxylation is 2. The van der Waals surface area contributed by atoms with Crippen LogP contribution in [0.4, 0.5) is 0 Å². The highest BCUT2D eigenvalue weighted by molar-refractivity contribution is 9.10. The van der Waals surface area contributed by atoms with E-state index in [4.69, 9.17) is 9.47 Å². The number of amides is 2. The second-order valence-electron chi connectivity index (χ2n) is 5.49. The molecular weight excluding hydrogens is 468 g/mol. The van der Waals surface area contributed by atoms with E-state index in [0.717, 1.165) is 20.1 Å². The Morgan fingerprint density at radius 3 is 2.15 bits per heavy atom. The van der Waals surface area contributed by atoms with Gasteiger partial charge in [0.1, 0.15) is 11.5 Å². The summed E-state index contributed by atoms with van der Waals surface area (Å²) in [4.78, 5) is 23.5. The van der Waals surface area contributed by atoms with Gasteiger partial charge in [-0.3, -0.25) is 20.4 Å². The third-order valence-corrected chi connectivity index (χ3v) is 4.72. The predicted octanol–water partition coefficient (Wildman–Crippen LogP) is 3.43. The van der Waals surface area contributed by atoms with Gasteiger partial charge in [0.15, 0.2) is 13.2 Å². The van der Waals surface area contributed by atoms with Gasteiger partial charge >= 0.3 is 0 Å². The molecule has 2 aromatic carbocycles. The molecule has 0 bridgehead atoms. The Balaban J connectivity index is 1.71. The van der Waals surface area contributed by atoms with Gasteiger partial charge in [-0.2, -0.15) is 0 Å². The van der Waals surface area contributed by atoms with Crippen molar-refractivity contribution in [2.24, 2.45) is 0 Å². The molecule has 0 saturated heterocycles. The minimum absolute atomic E-state index is 0.213. The summed E-state index contributed by atoms with van der Waals surface area (Å²) < 4.78 is 12.7. The lowest BCUT2D eigenvalue weighted by Gasteiger charge is -2.11. The van der Waals surface area contributed by atoms with E-state index >= 15 is 0 Å². The number of nitrogens with one attached hydrogen (secondary N) is 2. The number of benzene rings is 2. The van der Waals surface area contributed by atoms with Gasteiger partial charge in [-0.15, -0.1) is 0 Å². The lowest BCUT2D eigenvalue weighted by molar-refractivity contribution is -0.131. The van der Waals surface area contributed by atoms with Crippen LogP contribution >= 0.6 is 31.9 Å². The van der Waals surface area contributed by atoms with Crippen LogP contribution in [-0.2, 0) is 9.59 Å². The summed E-state index contributed by atoms with van der Waals surface area (Å²) >= 11 is 6.75. The summed E-state index contributed by atoms with van der Waals surface area (Å²) in [5.74, 6) is 0.226. The lowest BCUT2D eigenvalue weighted by atomic mass is 10.2. The van der Waals surface area contributed by atoms with Crippen LogP contribution in [0.15, 0.2) is 45.3 Å². The van der Waals surface area contributed by atoms with Crippen LogP contribution in [0.25, 0.3) is 0 Å². The normalized spacial score (nSPS) is 10.2. The predicted molar refractivity (Wildman–Crippen MR) is 105 cm³/mol. The van der Waals surface area contributed by atoms with Crippen molar-refractivity contribution in [3.63, 3.8) is 0 Å². The van der Waals surface area contributed by atoms with E-state index < -0.39 is 11.8 Å². The fraction of sp³-hybridized carbons (Fsp3) is 0.222. The van der Waals surface area contributed by atoms with E-state index in [2.05, 4.69) is 42.7 Å². The summed E-state index contributed by atoms with van der Waals surface area (Å²) in [6, 6.07) is 10.9. The molecule has 0 heterocycles. The Labute approximate surface area is 168 Å². The maximum atomic E-state index is 11.7. The zero-order chi connectivity index (χ0) is 19.1. The van der Waals surface area contributed by atoms with Crippen molar-refractivity contribution in [1.29, 1.82) is 0 Å². The van der Waals surface area contributed by atoms with E-state index in [0.29, 0.717) is 11.5 Å². The molecule has 2 rings (SSSR count). The molecule has 138 valence electrons. The van der Waals surface area contributed by atoms with Gasteiger partial charge in [-0.05, 0) is 61.4 Å². The fourth-order valence-corrected chi connectivity index (χ4v) is 2.71. The van der Waals surface area contributed by atoms with E-state index in [1.165, 1.54) is 0 Å². The molecule has 6 nitrogen and oxygen atoms in total. The van der Waals surface area contributed by atoms with E-state index in [1.807, 2.05) is 38.1 Å². The van der Waals surface area contributed by atoms with Crippen LogP contribution in [0.2, 0.25) is 0 Å². The first-order chi connectivity index (χ1) is 12.3. The number of hydrazine groups is 1. The number of carbonyl (C=O) groups excluding carboxylic acids is 2. The van der Waals surface area contributed by atoms with Crippen molar-refractivity contribution in [2.45, 2.75) is 13.8 Å². The Morgan fingerprint density at radius 2 is 1.54 bits per heavy atom. The highest BCUT2D eigenvalue weighted by Crippen LogP contribution is 2.22. The monoisotopic (exact) mass is 484 g/mol. The topological polar surface area (TPSA) is 76.7 Å². The van der Waals surface area contributed by atoms with E-state index in [-0.39, 0.29) is 13.2 Å². The van der Waals surface area contributed by atoms with Crippen molar-refractivity contribution in [3.05, 3.63) is 56.5 Å². The maximum absolute atomic E-state index is 11.7. The van der Waals surface area contributed by atoms with Gasteiger partial charge in [0.25, 0.3) is 11.8 Å². The van der Waals surface area contributed by atoms with Gasteiger partial charge in [0.05, 0.1) is 0 Å². The van der Waals surface area contributed by atoms with E-state index in [9.17, 15) is 9.59 Å². The first-order valence-electron chi connectivity index (χ1n) is 7.70. The molecule has 0 radical (unpaired) electrons. The molecule has 0 atom stereocenters. The van der Waals surface area contributed by atoms with Gasteiger partial charge in [-0.25, -0.2) is 0 Å². The van der Waals surface area contributed by atoms with Crippen molar-refractivity contribution >= 4 is 43.7 Å².